The smallest absolute Gasteiger partial charge is 0.261 e. The van der Waals surface area contributed by atoms with Crippen molar-refractivity contribution in [2.75, 3.05) is 6.26 Å². The molecule has 0 aliphatic rings. The van der Waals surface area contributed by atoms with Crippen LogP contribution in [0.1, 0.15) is 5.69 Å². The second-order valence-electron chi connectivity index (χ2n) is 3.41. The molecule has 0 saturated carbocycles. The molecule has 18 heavy (non-hydrogen) atoms. The molecule has 0 saturated heterocycles. The molecule has 0 aliphatic carbocycles. The van der Waals surface area contributed by atoms with Gasteiger partial charge in [-0.25, -0.2) is 9.19 Å². The van der Waals surface area contributed by atoms with Crippen molar-refractivity contribution in [2.24, 2.45) is 4.36 Å². The molecule has 1 heterocycles. The second kappa shape index (κ2) is 4.96. The monoisotopic (exact) mass is 344 g/mol. The molecular formula is C9H8BrF3N2O2S. The number of carbonyl (C=O) groups is 1. The average Bonchev–Trinajstić information content (AvgIpc) is 2.19. The molecule has 0 bridgehead atoms. The molecule has 9 heteroatoms. The van der Waals surface area contributed by atoms with Gasteiger partial charge in [-0.05, 0) is 35.0 Å². The zero-order chi connectivity index (χ0) is 14.1. The van der Waals surface area contributed by atoms with Crippen molar-refractivity contribution in [1.29, 1.82) is 0 Å². The number of rotatable bonds is 1. The predicted molar refractivity (Wildman–Crippen MR) is 62.5 cm³/mol. The molecule has 0 radical (unpaired) electrons. The van der Waals surface area contributed by atoms with Crippen LogP contribution < -0.4 is 0 Å². The minimum Gasteiger partial charge on any atom is -0.261 e. The van der Waals surface area contributed by atoms with Crippen LogP contribution in [0, 0.1) is 6.92 Å². The van der Waals surface area contributed by atoms with E-state index in [1.807, 2.05) is 0 Å². The maximum Gasteiger partial charge on any atom is 0.474 e. The van der Waals surface area contributed by atoms with Crippen LogP contribution in [0.3, 0.4) is 0 Å². The Morgan fingerprint density at radius 1 is 1.44 bits per heavy atom. The van der Waals surface area contributed by atoms with Crippen LogP contribution in [-0.2, 0) is 14.5 Å². The van der Waals surface area contributed by atoms with Crippen LogP contribution in [0.2, 0.25) is 0 Å². The van der Waals surface area contributed by atoms with Gasteiger partial charge in [0, 0.05) is 10.7 Å². The summed E-state index contributed by atoms with van der Waals surface area (Å²) >= 11 is 3.15. The highest BCUT2D eigenvalue weighted by atomic mass is 79.9. The summed E-state index contributed by atoms with van der Waals surface area (Å²) in [5.74, 6) is -2.38. The first kappa shape index (κ1) is 15.1. The van der Waals surface area contributed by atoms with Crippen LogP contribution in [0.15, 0.2) is 26.0 Å². The lowest BCUT2D eigenvalue weighted by molar-refractivity contribution is -0.169. The Bertz CT molecular complexity index is 606. The molecule has 0 N–H and O–H groups in total. The fraction of sp³-hybridized carbons (Fsp3) is 0.333. The summed E-state index contributed by atoms with van der Waals surface area (Å²) in [7, 11) is -3.51. The van der Waals surface area contributed by atoms with E-state index in [-0.39, 0.29) is 5.03 Å². The van der Waals surface area contributed by atoms with Gasteiger partial charge in [0.15, 0.2) is 0 Å². The van der Waals surface area contributed by atoms with E-state index in [4.69, 9.17) is 0 Å². The summed E-state index contributed by atoms with van der Waals surface area (Å²) in [5.41, 5.74) is 0.441. The lowest BCUT2D eigenvalue weighted by Gasteiger charge is -2.06. The van der Waals surface area contributed by atoms with Gasteiger partial charge in [0.1, 0.15) is 5.03 Å². The van der Waals surface area contributed by atoms with E-state index < -0.39 is 21.8 Å². The Balaban J connectivity index is 3.30. The summed E-state index contributed by atoms with van der Waals surface area (Å²) in [5, 5.41) is -0.166. The Morgan fingerprint density at radius 2 is 2.00 bits per heavy atom. The molecule has 0 fully saturated rings. The van der Waals surface area contributed by atoms with Crippen molar-refractivity contribution >= 4 is 31.6 Å². The van der Waals surface area contributed by atoms with Gasteiger partial charge in [-0.15, -0.1) is 4.36 Å². The number of alkyl halides is 3. The molecule has 4 nitrogen and oxygen atoms in total. The highest BCUT2D eigenvalue weighted by Gasteiger charge is 2.39. The lowest BCUT2D eigenvalue weighted by Crippen LogP contribution is -2.22. The number of hydrogen-bond donors (Lipinski definition) is 0. The van der Waals surface area contributed by atoms with Crippen molar-refractivity contribution in [1.82, 2.24) is 4.98 Å². The quantitative estimate of drug-likeness (QED) is 0.786. The van der Waals surface area contributed by atoms with Crippen molar-refractivity contribution in [2.45, 2.75) is 18.1 Å². The molecular weight excluding hydrogens is 337 g/mol. The molecule has 100 valence electrons. The third kappa shape index (κ3) is 3.52. The van der Waals surface area contributed by atoms with E-state index in [9.17, 15) is 22.2 Å². The molecule has 1 aromatic rings. The van der Waals surface area contributed by atoms with Crippen LogP contribution in [-0.4, -0.2) is 27.5 Å². The van der Waals surface area contributed by atoms with Crippen LogP contribution in [0.4, 0.5) is 13.2 Å². The first-order valence-corrected chi connectivity index (χ1v) is 7.22. The van der Waals surface area contributed by atoms with Gasteiger partial charge < -0.3 is 0 Å². The fourth-order valence-corrected chi connectivity index (χ4v) is 2.35. The third-order valence-corrected chi connectivity index (χ3v) is 4.24. The van der Waals surface area contributed by atoms with E-state index in [0.29, 0.717) is 10.2 Å². The SMILES string of the molecule is Cc1nc(S(C)(=O)=NC(=O)C(F)(F)F)ccc1Br. The first-order chi connectivity index (χ1) is 8.04. The van der Waals surface area contributed by atoms with E-state index in [2.05, 4.69) is 25.3 Å². The average molecular weight is 345 g/mol. The number of aromatic nitrogens is 1. The largest absolute Gasteiger partial charge is 0.474 e. The van der Waals surface area contributed by atoms with E-state index in [1.54, 1.807) is 6.92 Å². The zero-order valence-corrected chi connectivity index (χ0v) is 11.7. The first-order valence-electron chi connectivity index (χ1n) is 4.50. The number of halogens is 4. The van der Waals surface area contributed by atoms with Crippen molar-refractivity contribution in [3.05, 3.63) is 22.3 Å². The van der Waals surface area contributed by atoms with Gasteiger partial charge in [0.05, 0.1) is 15.4 Å². The summed E-state index contributed by atoms with van der Waals surface area (Å²) in [6.07, 6.45) is -4.20. The number of aryl methyl sites for hydroxylation is 1. The van der Waals surface area contributed by atoms with Gasteiger partial charge in [0.2, 0.25) is 0 Å². The molecule has 0 aromatic carbocycles. The van der Waals surface area contributed by atoms with Crippen molar-refractivity contribution < 1.29 is 22.2 Å². The topological polar surface area (TPSA) is 59.4 Å². The lowest BCUT2D eigenvalue weighted by atomic mass is 10.4. The third-order valence-electron chi connectivity index (χ3n) is 1.88. The van der Waals surface area contributed by atoms with Crippen LogP contribution >= 0.6 is 15.9 Å². The van der Waals surface area contributed by atoms with Crippen LogP contribution in [0.25, 0.3) is 0 Å². The second-order valence-corrected chi connectivity index (χ2v) is 6.47. The Hall–Kier alpha value is -0.960. The Morgan fingerprint density at radius 3 is 2.44 bits per heavy atom. The Kier molecular flexibility index (Phi) is 4.16. The number of hydrogen-bond acceptors (Lipinski definition) is 3. The standard InChI is InChI=1S/C9H8BrF3N2O2S/c1-5-6(10)3-4-7(14-5)18(2,17)15-8(16)9(11,12)13/h3-4H,1-2H3. The summed E-state index contributed by atoms with van der Waals surface area (Å²) in [6.45, 7) is 1.58. The molecule has 1 atom stereocenters. The maximum absolute atomic E-state index is 12.0. The van der Waals surface area contributed by atoms with Gasteiger partial charge in [-0.2, -0.15) is 13.2 Å². The molecule has 0 spiro atoms. The minimum absolute atomic E-state index is 0.166. The number of amides is 1. The van der Waals surface area contributed by atoms with Gasteiger partial charge in [-0.1, -0.05) is 0 Å². The summed E-state index contributed by atoms with van der Waals surface area (Å²) in [4.78, 5) is 14.5. The van der Waals surface area contributed by atoms with E-state index in [0.717, 1.165) is 6.26 Å². The number of nitrogens with zero attached hydrogens (tertiary/aromatic N) is 2. The molecule has 1 aromatic heterocycles. The highest BCUT2D eigenvalue weighted by molar-refractivity contribution is 9.10. The predicted octanol–water partition coefficient (Wildman–Crippen LogP) is 2.70. The number of carbonyl (C=O) groups excluding carboxylic acids is 1. The van der Waals surface area contributed by atoms with Gasteiger partial charge >= 0.3 is 12.1 Å². The van der Waals surface area contributed by atoms with Crippen molar-refractivity contribution in [3.8, 4) is 0 Å². The van der Waals surface area contributed by atoms with Crippen molar-refractivity contribution in [3.63, 3.8) is 0 Å². The minimum atomic E-state index is -5.14. The summed E-state index contributed by atoms with van der Waals surface area (Å²) in [6, 6.07) is 2.74. The van der Waals surface area contributed by atoms with E-state index >= 15 is 0 Å². The molecule has 1 rings (SSSR count). The fourth-order valence-electron chi connectivity index (χ4n) is 0.989. The highest BCUT2D eigenvalue weighted by Crippen LogP contribution is 2.21. The zero-order valence-electron chi connectivity index (χ0n) is 9.29. The van der Waals surface area contributed by atoms with Gasteiger partial charge in [0.25, 0.3) is 0 Å². The number of pyridine rings is 1. The normalized spacial score (nSPS) is 15.0. The van der Waals surface area contributed by atoms with Gasteiger partial charge in [-0.3, -0.25) is 4.79 Å². The molecule has 1 unspecified atom stereocenters. The molecule has 0 aliphatic heterocycles. The summed E-state index contributed by atoms with van der Waals surface area (Å²) < 4.78 is 51.4. The maximum atomic E-state index is 12.0. The Labute approximate surface area is 110 Å². The van der Waals surface area contributed by atoms with Crippen LogP contribution in [0.5, 0.6) is 0 Å². The molecule has 1 amide bonds. The van der Waals surface area contributed by atoms with E-state index in [1.165, 1.54) is 12.1 Å².